The molecule has 0 aliphatic heterocycles. The molecule has 1 aliphatic rings. The minimum Gasteiger partial charge on any atom is -0.497 e. The van der Waals surface area contributed by atoms with Crippen molar-refractivity contribution in [1.29, 1.82) is 0 Å². The minimum absolute atomic E-state index is 0.165. The first-order valence-corrected chi connectivity index (χ1v) is 8.90. The van der Waals surface area contributed by atoms with E-state index in [2.05, 4.69) is 6.07 Å². The van der Waals surface area contributed by atoms with Crippen molar-refractivity contribution >= 4 is 28.6 Å². The zero-order chi connectivity index (χ0) is 16.2. The van der Waals surface area contributed by atoms with Crippen molar-refractivity contribution in [3.8, 4) is 5.75 Å². The first kappa shape index (κ1) is 16.1. The third-order valence-corrected chi connectivity index (χ3v) is 5.36. The van der Waals surface area contributed by atoms with E-state index in [4.69, 9.17) is 14.5 Å². The lowest BCUT2D eigenvalue weighted by atomic mass is 9.94. The van der Waals surface area contributed by atoms with Gasteiger partial charge in [-0.05, 0) is 49.4 Å². The third kappa shape index (κ3) is 3.44. The fourth-order valence-electron chi connectivity index (χ4n) is 2.99. The number of esters is 1. The molecule has 0 atom stereocenters. The second kappa shape index (κ2) is 7.21. The van der Waals surface area contributed by atoms with E-state index in [-0.39, 0.29) is 5.97 Å². The molecule has 0 unspecified atom stereocenters. The fourth-order valence-corrected chi connectivity index (χ4v) is 4.18. The molecule has 0 fully saturated rings. The van der Waals surface area contributed by atoms with Gasteiger partial charge in [0.1, 0.15) is 5.75 Å². The van der Waals surface area contributed by atoms with Crippen molar-refractivity contribution in [1.82, 2.24) is 4.98 Å². The Morgan fingerprint density at radius 2 is 2.09 bits per heavy atom. The quantitative estimate of drug-likeness (QED) is 0.616. The molecule has 1 aliphatic carbocycles. The molecule has 0 radical (unpaired) electrons. The number of carbonyl (C=O) groups excluding carboxylic acids is 1. The maximum atomic E-state index is 11.4. The Labute approximate surface area is 140 Å². The van der Waals surface area contributed by atoms with Crippen molar-refractivity contribution in [3.05, 3.63) is 29.5 Å². The number of aryl methyl sites for hydroxylation is 1. The number of nitrogens with zero attached hydrogens (tertiary/aromatic N) is 1. The summed E-state index contributed by atoms with van der Waals surface area (Å²) >= 11 is 1.73. The van der Waals surface area contributed by atoms with Gasteiger partial charge in [0.25, 0.3) is 0 Å². The molecule has 0 saturated heterocycles. The van der Waals surface area contributed by atoms with Gasteiger partial charge in [-0.3, -0.25) is 9.78 Å². The number of thioether (sulfide) groups is 1. The normalized spacial score (nSPS) is 13.7. The van der Waals surface area contributed by atoms with Crippen LogP contribution in [0.25, 0.3) is 10.9 Å². The number of methoxy groups -OCH3 is 2. The maximum absolute atomic E-state index is 11.4. The van der Waals surface area contributed by atoms with Gasteiger partial charge in [-0.25, -0.2) is 0 Å². The van der Waals surface area contributed by atoms with E-state index >= 15 is 0 Å². The molecule has 0 amide bonds. The number of ether oxygens (including phenoxy) is 2. The van der Waals surface area contributed by atoms with Crippen LogP contribution in [0.15, 0.2) is 23.1 Å². The standard InChI is InChI=1S/C18H21NO3S/c1-21-12-7-8-16-14(11-12)18(23-10-9-17(20)22-2)13-5-3-4-6-15(13)19-16/h7-8,11H,3-6,9-10H2,1-2H3. The lowest BCUT2D eigenvalue weighted by molar-refractivity contribution is -0.140. The summed E-state index contributed by atoms with van der Waals surface area (Å²) in [6.07, 6.45) is 4.93. The number of hydrogen-bond donors (Lipinski definition) is 0. The van der Waals surface area contributed by atoms with Crippen molar-refractivity contribution in [2.75, 3.05) is 20.0 Å². The summed E-state index contributed by atoms with van der Waals surface area (Å²) in [5.41, 5.74) is 3.58. The van der Waals surface area contributed by atoms with Gasteiger partial charge in [0.2, 0.25) is 0 Å². The topological polar surface area (TPSA) is 48.4 Å². The lowest BCUT2D eigenvalue weighted by Crippen LogP contribution is -2.08. The predicted molar refractivity (Wildman–Crippen MR) is 92.3 cm³/mol. The van der Waals surface area contributed by atoms with Crippen LogP contribution in [0, 0.1) is 0 Å². The molecule has 0 N–H and O–H groups in total. The van der Waals surface area contributed by atoms with Gasteiger partial charge in [-0.2, -0.15) is 0 Å². The molecule has 2 aromatic rings. The average molecular weight is 331 g/mol. The van der Waals surface area contributed by atoms with Gasteiger partial charge >= 0.3 is 5.97 Å². The van der Waals surface area contributed by atoms with Crippen LogP contribution in [-0.2, 0) is 22.4 Å². The molecule has 5 heteroatoms. The number of aromatic nitrogens is 1. The summed E-state index contributed by atoms with van der Waals surface area (Å²) in [5.74, 6) is 1.39. The number of pyridine rings is 1. The van der Waals surface area contributed by atoms with Crippen LogP contribution in [0.3, 0.4) is 0 Å². The van der Waals surface area contributed by atoms with E-state index in [1.54, 1.807) is 18.9 Å². The largest absolute Gasteiger partial charge is 0.497 e. The summed E-state index contributed by atoms with van der Waals surface area (Å²) in [4.78, 5) is 17.5. The van der Waals surface area contributed by atoms with E-state index in [9.17, 15) is 4.79 Å². The molecule has 3 rings (SSSR count). The first-order chi connectivity index (χ1) is 11.2. The summed E-state index contributed by atoms with van der Waals surface area (Å²) in [7, 11) is 3.11. The smallest absolute Gasteiger partial charge is 0.306 e. The van der Waals surface area contributed by atoms with Crippen LogP contribution >= 0.6 is 11.8 Å². The second-order valence-corrected chi connectivity index (χ2v) is 6.74. The highest BCUT2D eigenvalue weighted by Gasteiger charge is 2.19. The SMILES string of the molecule is COC(=O)CCSc1c2c(nc3ccc(OC)cc13)CCCC2. The second-order valence-electron chi connectivity index (χ2n) is 5.63. The van der Waals surface area contributed by atoms with Crippen molar-refractivity contribution in [3.63, 3.8) is 0 Å². The molecular weight excluding hydrogens is 310 g/mol. The zero-order valence-corrected chi connectivity index (χ0v) is 14.4. The Balaban J connectivity index is 2.01. The van der Waals surface area contributed by atoms with E-state index in [0.29, 0.717) is 6.42 Å². The van der Waals surface area contributed by atoms with E-state index in [1.165, 1.54) is 36.1 Å². The molecule has 0 bridgehead atoms. The molecule has 122 valence electrons. The summed E-state index contributed by atoms with van der Waals surface area (Å²) < 4.78 is 10.1. The number of benzene rings is 1. The number of hydrogen-bond acceptors (Lipinski definition) is 5. The summed E-state index contributed by atoms with van der Waals surface area (Å²) in [6, 6.07) is 6.03. The van der Waals surface area contributed by atoms with Gasteiger partial charge in [-0.15, -0.1) is 11.8 Å². The van der Waals surface area contributed by atoms with Crippen LogP contribution in [0.2, 0.25) is 0 Å². The predicted octanol–water partition coefficient (Wildman–Crippen LogP) is 3.78. The van der Waals surface area contributed by atoms with Crippen LogP contribution in [0.1, 0.15) is 30.5 Å². The Morgan fingerprint density at radius 3 is 2.87 bits per heavy atom. The van der Waals surface area contributed by atoms with E-state index in [0.717, 1.165) is 35.2 Å². The van der Waals surface area contributed by atoms with Gasteiger partial charge in [0, 0.05) is 21.7 Å². The Hall–Kier alpha value is -1.75. The third-order valence-electron chi connectivity index (χ3n) is 4.20. The maximum Gasteiger partial charge on any atom is 0.306 e. The van der Waals surface area contributed by atoms with Crippen LogP contribution < -0.4 is 4.74 Å². The van der Waals surface area contributed by atoms with Crippen molar-refractivity contribution in [2.45, 2.75) is 37.0 Å². The Kier molecular flexibility index (Phi) is 5.06. The van der Waals surface area contributed by atoms with Gasteiger partial charge < -0.3 is 9.47 Å². The number of fused-ring (bicyclic) bond motifs is 2. The average Bonchev–Trinajstić information content (AvgIpc) is 2.60. The van der Waals surface area contributed by atoms with Gasteiger partial charge in [0.15, 0.2) is 0 Å². The molecule has 0 spiro atoms. The molecule has 4 nitrogen and oxygen atoms in total. The zero-order valence-electron chi connectivity index (χ0n) is 13.6. The highest BCUT2D eigenvalue weighted by molar-refractivity contribution is 7.99. The van der Waals surface area contributed by atoms with Crippen molar-refractivity contribution in [2.24, 2.45) is 0 Å². The highest BCUT2D eigenvalue weighted by atomic mass is 32.2. The number of rotatable bonds is 5. The van der Waals surface area contributed by atoms with Crippen LogP contribution in [-0.4, -0.2) is 30.9 Å². The van der Waals surface area contributed by atoms with Crippen molar-refractivity contribution < 1.29 is 14.3 Å². The highest BCUT2D eigenvalue weighted by Crippen LogP contribution is 2.37. The minimum atomic E-state index is -0.165. The summed E-state index contributed by atoms with van der Waals surface area (Å²) in [6.45, 7) is 0. The number of carbonyl (C=O) groups is 1. The summed E-state index contributed by atoms with van der Waals surface area (Å²) in [5, 5.41) is 1.12. The Bertz CT molecular complexity index is 730. The first-order valence-electron chi connectivity index (χ1n) is 7.92. The van der Waals surface area contributed by atoms with Crippen LogP contribution in [0.5, 0.6) is 5.75 Å². The Morgan fingerprint density at radius 1 is 1.26 bits per heavy atom. The molecule has 1 aromatic heterocycles. The molecule has 1 heterocycles. The van der Waals surface area contributed by atoms with Gasteiger partial charge in [0.05, 0.1) is 26.2 Å². The fraction of sp³-hybridized carbons (Fsp3) is 0.444. The van der Waals surface area contributed by atoms with E-state index < -0.39 is 0 Å². The molecule has 1 aromatic carbocycles. The lowest BCUT2D eigenvalue weighted by Gasteiger charge is -2.20. The van der Waals surface area contributed by atoms with Crippen LogP contribution in [0.4, 0.5) is 0 Å². The molecule has 0 saturated carbocycles. The molecular formula is C18H21NO3S. The monoisotopic (exact) mass is 331 g/mol. The molecule has 23 heavy (non-hydrogen) atoms. The van der Waals surface area contributed by atoms with Gasteiger partial charge in [-0.1, -0.05) is 0 Å². The van der Waals surface area contributed by atoms with E-state index in [1.807, 2.05) is 12.1 Å².